The lowest BCUT2D eigenvalue weighted by Crippen LogP contribution is -2.51. The van der Waals surface area contributed by atoms with Gasteiger partial charge in [0, 0.05) is 6.61 Å². The molecule has 27 heavy (non-hydrogen) atoms. The second kappa shape index (κ2) is 8.60. The van der Waals surface area contributed by atoms with Gasteiger partial charge in [-0.25, -0.2) is 4.79 Å². The molecule has 1 aromatic rings. The number of carbonyl (C=O) groups excluding carboxylic acids is 1. The molecule has 148 valence electrons. The molecule has 0 saturated heterocycles. The Bertz CT molecular complexity index is 665. The molecule has 3 rings (SSSR count). The molecule has 0 unspecified atom stereocenters. The van der Waals surface area contributed by atoms with Crippen molar-refractivity contribution in [3.8, 4) is 0 Å². The standard InChI is InChI=1S/C24H34O3/c1-5-15(2)22-17(4)13-19-21(12-11-16(3)23(19)20(22)14-25)27-24(26)18-9-7-6-8-10-18/h5-10,16-17,19-23,25H,11-14H2,1-4H3/b15-5+/t16-,17-,19-,20+,21-,22+,23+/m0/s1. The third-order valence-corrected chi connectivity index (χ3v) is 7.21. The van der Waals surface area contributed by atoms with Crippen LogP contribution in [0.3, 0.4) is 0 Å². The minimum atomic E-state index is -0.214. The summed E-state index contributed by atoms with van der Waals surface area (Å²) in [4.78, 5) is 12.6. The van der Waals surface area contributed by atoms with E-state index < -0.39 is 0 Å². The Hall–Kier alpha value is -1.61. The zero-order chi connectivity index (χ0) is 19.6. The Kier molecular flexibility index (Phi) is 6.41. The SMILES string of the molecule is C/C=C(\C)[C@H]1[C@@H](CO)[C@H]2[C@@H](C[C@@H]1C)[C@@H](OC(=O)c1ccccc1)CC[C@@H]2C. The molecule has 2 saturated carbocycles. The summed E-state index contributed by atoms with van der Waals surface area (Å²) in [5.41, 5.74) is 2.01. The number of hydrogen-bond acceptors (Lipinski definition) is 3. The minimum absolute atomic E-state index is 0.0396. The molecular formula is C24H34O3. The Morgan fingerprint density at radius 1 is 1.19 bits per heavy atom. The van der Waals surface area contributed by atoms with E-state index in [1.807, 2.05) is 30.3 Å². The lowest BCUT2D eigenvalue weighted by atomic mass is 9.53. The zero-order valence-corrected chi connectivity index (χ0v) is 17.1. The van der Waals surface area contributed by atoms with E-state index in [1.165, 1.54) is 5.57 Å². The topological polar surface area (TPSA) is 46.5 Å². The van der Waals surface area contributed by atoms with Crippen molar-refractivity contribution in [1.29, 1.82) is 0 Å². The van der Waals surface area contributed by atoms with Gasteiger partial charge in [-0.2, -0.15) is 0 Å². The predicted molar refractivity (Wildman–Crippen MR) is 108 cm³/mol. The van der Waals surface area contributed by atoms with Crippen molar-refractivity contribution in [2.24, 2.45) is 35.5 Å². The van der Waals surface area contributed by atoms with Gasteiger partial charge < -0.3 is 9.84 Å². The molecule has 0 amide bonds. The Morgan fingerprint density at radius 2 is 1.89 bits per heavy atom. The van der Waals surface area contributed by atoms with E-state index in [0.29, 0.717) is 35.2 Å². The summed E-state index contributed by atoms with van der Waals surface area (Å²) in [6, 6.07) is 9.29. The van der Waals surface area contributed by atoms with Gasteiger partial charge in [-0.05, 0) is 80.8 Å². The van der Waals surface area contributed by atoms with Crippen LogP contribution < -0.4 is 0 Å². The average molecular weight is 371 g/mol. The predicted octanol–water partition coefficient (Wildman–Crippen LogP) is 5.11. The van der Waals surface area contributed by atoms with E-state index >= 15 is 0 Å². The number of rotatable bonds is 4. The molecule has 0 aliphatic heterocycles. The summed E-state index contributed by atoms with van der Waals surface area (Å²) in [5, 5.41) is 10.3. The van der Waals surface area contributed by atoms with E-state index in [2.05, 4.69) is 33.8 Å². The number of hydrogen-bond donors (Lipinski definition) is 1. The molecule has 2 aliphatic carbocycles. The molecule has 7 atom stereocenters. The molecule has 0 heterocycles. The average Bonchev–Trinajstić information content (AvgIpc) is 2.69. The molecule has 3 nitrogen and oxygen atoms in total. The van der Waals surface area contributed by atoms with Crippen LogP contribution in [-0.4, -0.2) is 23.8 Å². The van der Waals surface area contributed by atoms with Crippen LogP contribution in [0.25, 0.3) is 0 Å². The maximum absolute atomic E-state index is 12.6. The Morgan fingerprint density at radius 3 is 2.52 bits per heavy atom. The molecule has 0 bridgehead atoms. The second-order valence-electron chi connectivity index (χ2n) is 8.72. The lowest BCUT2D eigenvalue weighted by Gasteiger charge is -2.53. The summed E-state index contributed by atoms with van der Waals surface area (Å²) in [6.07, 6.45) is 5.21. The van der Waals surface area contributed by atoms with Crippen molar-refractivity contribution in [2.75, 3.05) is 6.61 Å². The number of benzene rings is 1. The molecule has 2 fully saturated rings. The van der Waals surface area contributed by atoms with E-state index in [-0.39, 0.29) is 24.6 Å². The fourth-order valence-electron chi connectivity index (χ4n) is 5.93. The highest BCUT2D eigenvalue weighted by Gasteiger charge is 2.50. The summed E-state index contributed by atoms with van der Waals surface area (Å²) in [5.74, 6) is 2.26. The van der Waals surface area contributed by atoms with Crippen LogP contribution in [0.15, 0.2) is 42.0 Å². The highest BCUT2D eigenvalue weighted by atomic mass is 16.5. The monoisotopic (exact) mass is 370 g/mol. The molecule has 1 N–H and O–H groups in total. The molecule has 2 aliphatic rings. The van der Waals surface area contributed by atoms with Gasteiger partial charge in [0.05, 0.1) is 5.56 Å². The van der Waals surface area contributed by atoms with Gasteiger partial charge in [0.25, 0.3) is 0 Å². The number of allylic oxidation sites excluding steroid dienone is 2. The lowest BCUT2D eigenvalue weighted by molar-refractivity contribution is -0.0933. The van der Waals surface area contributed by atoms with E-state index in [4.69, 9.17) is 4.74 Å². The number of aliphatic hydroxyl groups is 1. The second-order valence-corrected chi connectivity index (χ2v) is 8.72. The van der Waals surface area contributed by atoms with Crippen molar-refractivity contribution in [1.82, 2.24) is 0 Å². The quantitative estimate of drug-likeness (QED) is 0.592. The molecule has 1 aromatic carbocycles. The first-order valence-corrected chi connectivity index (χ1v) is 10.5. The van der Waals surface area contributed by atoms with Gasteiger partial charge in [-0.1, -0.05) is 43.7 Å². The van der Waals surface area contributed by atoms with Gasteiger partial charge in [0.15, 0.2) is 0 Å². The van der Waals surface area contributed by atoms with Gasteiger partial charge in [-0.15, -0.1) is 0 Å². The normalized spacial score (nSPS) is 36.8. The van der Waals surface area contributed by atoms with Gasteiger partial charge in [0.2, 0.25) is 0 Å². The molecular weight excluding hydrogens is 336 g/mol. The van der Waals surface area contributed by atoms with Crippen molar-refractivity contribution in [3.63, 3.8) is 0 Å². The van der Waals surface area contributed by atoms with E-state index in [0.717, 1.165) is 19.3 Å². The van der Waals surface area contributed by atoms with Gasteiger partial charge in [0.1, 0.15) is 6.10 Å². The number of ether oxygens (including phenoxy) is 1. The fraction of sp³-hybridized carbons (Fsp3) is 0.625. The summed E-state index contributed by atoms with van der Waals surface area (Å²) in [6.45, 7) is 9.12. The Balaban J connectivity index is 1.83. The highest BCUT2D eigenvalue weighted by Crippen LogP contribution is 2.53. The van der Waals surface area contributed by atoms with Crippen molar-refractivity contribution >= 4 is 5.97 Å². The molecule has 0 aromatic heterocycles. The maximum Gasteiger partial charge on any atom is 0.338 e. The van der Waals surface area contributed by atoms with E-state index in [9.17, 15) is 9.90 Å². The first-order chi connectivity index (χ1) is 13.0. The largest absolute Gasteiger partial charge is 0.458 e. The highest BCUT2D eigenvalue weighted by molar-refractivity contribution is 5.89. The first-order valence-electron chi connectivity index (χ1n) is 10.5. The fourth-order valence-corrected chi connectivity index (χ4v) is 5.93. The maximum atomic E-state index is 12.6. The van der Waals surface area contributed by atoms with Crippen LogP contribution in [0.5, 0.6) is 0 Å². The van der Waals surface area contributed by atoms with Gasteiger partial charge in [-0.3, -0.25) is 0 Å². The summed E-state index contributed by atoms with van der Waals surface area (Å²) in [7, 11) is 0. The Labute approximate surface area is 163 Å². The number of esters is 1. The van der Waals surface area contributed by atoms with Crippen LogP contribution in [0.1, 0.15) is 57.3 Å². The molecule has 0 spiro atoms. The third kappa shape index (κ3) is 3.99. The molecule has 3 heteroatoms. The smallest absolute Gasteiger partial charge is 0.338 e. The van der Waals surface area contributed by atoms with Crippen molar-refractivity contribution in [2.45, 2.75) is 53.1 Å². The van der Waals surface area contributed by atoms with Crippen LogP contribution in [0, 0.1) is 35.5 Å². The van der Waals surface area contributed by atoms with Crippen LogP contribution in [0.4, 0.5) is 0 Å². The van der Waals surface area contributed by atoms with Crippen LogP contribution in [-0.2, 0) is 4.74 Å². The van der Waals surface area contributed by atoms with E-state index in [1.54, 1.807) is 0 Å². The first kappa shape index (κ1) is 20.1. The number of carbonyl (C=O) groups is 1. The van der Waals surface area contributed by atoms with Crippen LogP contribution in [0.2, 0.25) is 0 Å². The number of aliphatic hydroxyl groups excluding tert-OH is 1. The third-order valence-electron chi connectivity index (χ3n) is 7.21. The summed E-state index contributed by atoms with van der Waals surface area (Å²) >= 11 is 0. The van der Waals surface area contributed by atoms with Crippen molar-refractivity contribution < 1.29 is 14.6 Å². The minimum Gasteiger partial charge on any atom is -0.458 e. The molecule has 0 radical (unpaired) electrons. The number of fused-ring (bicyclic) bond motifs is 1. The summed E-state index contributed by atoms with van der Waals surface area (Å²) < 4.78 is 6.02. The van der Waals surface area contributed by atoms with Crippen LogP contribution >= 0.6 is 0 Å². The van der Waals surface area contributed by atoms with Crippen molar-refractivity contribution in [3.05, 3.63) is 47.5 Å². The van der Waals surface area contributed by atoms with Gasteiger partial charge >= 0.3 is 5.97 Å². The zero-order valence-electron chi connectivity index (χ0n) is 17.1.